The number of anilines is 1. The SMILES string of the molecule is Cc1ccc(N2CC(=O)NC2=O)cc1F. The highest BCUT2D eigenvalue weighted by Crippen LogP contribution is 2.19. The molecule has 15 heavy (non-hydrogen) atoms. The first-order valence-corrected chi connectivity index (χ1v) is 4.45. The van der Waals surface area contributed by atoms with E-state index in [1.807, 2.05) is 0 Å². The van der Waals surface area contributed by atoms with Crippen molar-refractivity contribution in [3.05, 3.63) is 29.6 Å². The average molecular weight is 208 g/mol. The molecule has 3 amide bonds. The van der Waals surface area contributed by atoms with Gasteiger partial charge in [-0.1, -0.05) is 6.07 Å². The normalized spacial score (nSPS) is 15.7. The van der Waals surface area contributed by atoms with Gasteiger partial charge >= 0.3 is 6.03 Å². The average Bonchev–Trinajstić information content (AvgIpc) is 2.50. The Morgan fingerprint density at radius 3 is 2.67 bits per heavy atom. The minimum Gasteiger partial charge on any atom is -0.285 e. The highest BCUT2D eigenvalue weighted by molar-refractivity contribution is 6.12. The Hall–Kier alpha value is -1.91. The van der Waals surface area contributed by atoms with E-state index >= 15 is 0 Å². The van der Waals surface area contributed by atoms with Crippen LogP contribution in [0.1, 0.15) is 5.56 Å². The van der Waals surface area contributed by atoms with Crippen molar-refractivity contribution in [1.29, 1.82) is 0 Å². The predicted molar refractivity (Wildman–Crippen MR) is 52.0 cm³/mol. The number of amides is 3. The zero-order valence-electron chi connectivity index (χ0n) is 8.08. The van der Waals surface area contributed by atoms with E-state index in [9.17, 15) is 14.0 Å². The first kappa shape index (κ1) is 9.64. The molecule has 0 unspecified atom stereocenters. The summed E-state index contributed by atoms with van der Waals surface area (Å²) in [6.45, 7) is 1.58. The summed E-state index contributed by atoms with van der Waals surface area (Å²) in [5, 5.41) is 2.13. The number of imide groups is 1. The topological polar surface area (TPSA) is 49.4 Å². The standard InChI is InChI=1S/C10H9FN2O2/c1-6-2-3-7(4-8(6)11)13-5-9(14)12-10(13)15/h2-4H,5H2,1H3,(H,12,14,15). The second-order valence-electron chi connectivity index (χ2n) is 3.37. The Balaban J connectivity index is 2.34. The maximum Gasteiger partial charge on any atom is 0.329 e. The molecule has 1 aromatic rings. The highest BCUT2D eigenvalue weighted by Gasteiger charge is 2.28. The molecule has 0 bridgehead atoms. The van der Waals surface area contributed by atoms with E-state index in [2.05, 4.69) is 5.32 Å². The molecule has 1 N–H and O–H groups in total. The summed E-state index contributed by atoms with van der Waals surface area (Å²) in [6.07, 6.45) is 0. The van der Waals surface area contributed by atoms with E-state index < -0.39 is 6.03 Å². The van der Waals surface area contributed by atoms with Gasteiger partial charge in [-0.25, -0.2) is 9.18 Å². The molecule has 0 atom stereocenters. The monoisotopic (exact) mass is 208 g/mol. The molecule has 78 valence electrons. The summed E-state index contributed by atoms with van der Waals surface area (Å²) in [6, 6.07) is 3.91. The maximum atomic E-state index is 13.2. The van der Waals surface area contributed by atoms with Gasteiger partial charge in [-0.2, -0.15) is 0 Å². The lowest BCUT2D eigenvalue weighted by Gasteiger charge is -2.13. The Bertz CT molecular complexity index is 445. The van der Waals surface area contributed by atoms with Gasteiger partial charge < -0.3 is 0 Å². The quantitative estimate of drug-likeness (QED) is 0.705. The van der Waals surface area contributed by atoms with Crippen LogP contribution in [0.25, 0.3) is 0 Å². The van der Waals surface area contributed by atoms with E-state index in [1.54, 1.807) is 19.1 Å². The van der Waals surface area contributed by atoms with Crippen molar-refractivity contribution in [1.82, 2.24) is 5.32 Å². The summed E-state index contributed by atoms with van der Waals surface area (Å²) in [7, 11) is 0. The Morgan fingerprint density at radius 1 is 1.40 bits per heavy atom. The van der Waals surface area contributed by atoms with Crippen LogP contribution in [0.2, 0.25) is 0 Å². The number of hydrogen-bond donors (Lipinski definition) is 1. The molecule has 0 saturated carbocycles. The fourth-order valence-electron chi connectivity index (χ4n) is 1.40. The maximum absolute atomic E-state index is 13.2. The van der Waals surface area contributed by atoms with E-state index in [-0.39, 0.29) is 18.3 Å². The van der Waals surface area contributed by atoms with Crippen molar-refractivity contribution in [3.63, 3.8) is 0 Å². The summed E-state index contributed by atoms with van der Waals surface area (Å²) in [4.78, 5) is 23.4. The van der Waals surface area contributed by atoms with Crippen molar-refractivity contribution >= 4 is 17.6 Å². The van der Waals surface area contributed by atoms with Crippen LogP contribution in [-0.4, -0.2) is 18.5 Å². The first-order chi connectivity index (χ1) is 7.08. The number of nitrogens with one attached hydrogen (secondary N) is 1. The predicted octanol–water partition coefficient (Wildman–Crippen LogP) is 1.19. The molecule has 1 fully saturated rings. The van der Waals surface area contributed by atoms with Crippen LogP contribution in [0.5, 0.6) is 0 Å². The van der Waals surface area contributed by atoms with Gasteiger partial charge in [-0.3, -0.25) is 15.0 Å². The summed E-state index contributed by atoms with van der Waals surface area (Å²) < 4.78 is 13.2. The number of rotatable bonds is 1. The lowest BCUT2D eigenvalue weighted by Crippen LogP contribution is -2.27. The molecule has 1 aliphatic heterocycles. The second kappa shape index (κ2) is 3.34. The Kier molecular flexibility index (Phi) is 2.15. The number of carbonyl (C=O) groups excluding carboxylic acids is 2. The number of urea groups is 1. The minimum absolute atomic E-state index is 0.0542. The first-order valence-electron chi connectivity index (χ1n) is 4.45. The minimum atomic E-state index is -0.511. The molecule has 2 rings (SSSR count). The van der Waals surface area contributed by atoms with Crippen LogP contribution in [0.15, 0.2) is 18.2 Å². The van der Waals surface area contributed by atoms with Crippen LogP contribution in [0.4, 0.5) is 14.9 Å². The molecule has 0 radical (unpaired) electrons. The lowest BCUT2D eigenvalue weighted by molar-refractivity contribution is -0.117. The molecule has 0 spiro atoms. The van der Waals surface area contributed by atoms with Crippen molar-refractivity contribution < 1.29 is 14.0 Å². The van der Waals surface area contributed by atoms with E-state index in [0.29, 0.717) is 11.3 Å². The zero-order chi connectivity index (χ0) is 11.0. The number of hydrogen-bond acceptors (Lipinski definition) is 2. The third kappa shape index (κ3) is 1.68. The molecular formula is C10H9FN2O2. The van der Waals surface area contributed by atoms with Gasteiger partial charge in [0.2, 0.25) is 5.91 Å². The van der Waals surface area contributed by atoms with Gasteiger partial charge in [0.25, 0.3) is 0 Å². The molecule has 1 saturated heterocycles. The molecule has 0 aliphatic carbocycles. The zero-order valence-corrected chi connectivity index (χ0v) is 8.08. The van der Waals surface area contributed by atoms with Crippen LogP contribution >= 0.6 is 0 Å². The second-order valence-corrected chi connectivity index (χ2v) is 3.37. The molecule has 1 aliphatic rings. The number of nitrogens with zero attached hydrogens (tertiary/aromatic N) is 1. The van der Waals surface area contributed by atoms with Gasteiger partial charge in [0.15, 0.2) is 0 Å². The number of carbonyl (C=O) groups is 2. The van der Waals surface area contributed by atoms with Gasteiger partial charge in [-0.15, -0.1) is 0 Å². The van der Waals surface area contributed by atoms with Crippen LogP contribution < -0.4 is 10.2 Å². The fraction of sp³-hybridized carbons (Fsp3) is 0.200. The third-order valence-electron chi connectivity index (χ3n) is 2.26. The van der Waals surface area contributed by atoms with Gasteiger partial charge in [0.1, 0.15) is 12.4 Å². The van der Waals surface area contributed by atoms with Gasteiger partial charge in [-0.05, 0) is 24.6 Å². The Labute approximate surface area is 85.7 Å². The number of aryl methyl sites for hydroxylation is 1. The summed E-state index contributed by atoms with van der Waals surface area (Å²) >= 11 is 0. The van der Waals surface area contributed by atoms with Gasteiger partial charge in [0.05, 0.1) is 0 Å². The van der Waals surface area contributed by atoms with Crippen LogP contribution in [0, 0.1) is 12.7 Å². The highest BCUT2D eigenvalue weighted by atomic mass is 19.1. The van der Waals surface area contributed by atoms with Crippen LogP contribution in [0.3, 0.4) is 0 Å². The summed E-state index contributed by atoms with van der Waals surface area (Å²) in [5.74, 6) is -0.763. The van der Waals surface area contributed by atoms with Crippen molar-refractivity contribution in [2.24, 2.45) is 0 Å². The lowest BCUT2D eigenvalue weighted by atomic mass is 10.2. The smallest absolute Gasteiger partial charge is 0.285 e. The molecule has 5 heteroatoms. The van der Waals surface area contributed by atoms with E-state index in [1.165, 1.54) is 11.0 Å². The fourth-order valence-corrected chi connectivity index (χ4v) is 1.40. The molecular weight excluding hydrogens is 199 g/mol. The van der Waals surface area contributed by atoms with E-state index in [0.717, 1.165) is 0 Å². The Morgan fingerprint density at radius 2 is 2.13 bits per heavy atom. The largest absolute Gasteiger partial charge is 0.329 e. The van der Waals surface area contributed by atoms with Crippen molar-refractivity contribution in [3.8, 4) is 0 Å². The third-order valence-corrected chi connectivity index (χ3v) is 2.26. The number of halogens is 1. The van der Waals surface area contributed by atoms with Gasteiger partial charge in [0, 0.05) is 5.69 Å². The van der Waals surface area contributed by atoms with Crippen LogP contribution in [-0.2, 0) is 4.79 Å². The van der Waals surface area contributed by atoms with Crippen molar-refractivity contribution in [2.45, 2.75) is 6.92 Å². The number of benzene rings is 1. The molecule has 0 aromatic heterocycles. The molecule has 4 nitrogen and oxygen atoms in total. The molecule has 1 heterocycles. The molecule has 1 aromatic carbocycles. The van der Waals surface area contributed by atoms with E-state index in [4.69, 9.17) is 0 Å². The summed E-state index contributed by atoms with van der Waals surface area (Å²) in [5.41, 5.74) is 0.895. The van der Waals surface area contributed by atoms with Crippen molar-refractivity contribution in [2.75, 3.05) is 11.4 Å².